The van der Waals surface area contributed by atoms with E-state index in [-0.39, 0.29) is 30.2 Å². The normalized spacial score (nSPS) is 24.6. The van der Waals surface area contributed by atoms with E-state index in [2.05, 4.69) is 0 Å². The molecule has 0 radical (unpaired) electrons. The quantitative estimate of drug-likeness (QED) is 0.826. The molecule has 2 atom stereocenters. The van der Waals surface area contributed by atoms with E-state index in [1.807, 2.05) is 0 Å². The van der Waals surface area contributed by atoms with E-state index in [4.69, 9.17) is 5.11 Å². The van der Waals surface area contributed by atoms with Crippen molar-refractivity contribution in [1.82, 2.24) is 4.90 Å². The molecule has 1 aliphatic carbocycles. The molecule has 0 bridgehead atoms. The SMILES string of the molecule is O=C(O)c1ccc(CN2C(=O)C3CC3C2=O)cc1F. The molecular weight excluding hydrogens is 253 g/mol. The summed E-state index contributed by atoms with van der Waals surface area (Å²) >= 11 is 0. The van der Waals surface area contributed by atoms with Crippen LogP contribution in [-0.2, 0) is 16.1 Å². The van der Waals surface area contributed by atoms with E-state index < -0.39 is 17.3 Å². The molecule has 5 nitrogen and oxygen atoms in total. The van der Waals surface area contributed by atoms with Gasteiger partial charge in [-0.05, 0) is 24.1 Å². The van der Waals surface area contributed by atoms with Crippen molar-refractivity contribution < 1.29 is 23.9 Å². The molecule has 1 saturated heterocycles. The minimum atomic E-state index is -1.35. The van der Waals surface area contributed by atoms with Gasteiger partial charge in [-0.3, -0.25) is 14.5 Å². The van der Waals surface area contributed by atoms with E-state index >= 15 is 0 Å². The predicted octanol–water partition coefficient (Wildman–Crippen LogP) is 1.03. The molecule has 2 aliphatic rings. The average molecular weight is 263 g/mol. The number of imide groups is 1. The van der Waals surface area contributed by atoms with Gasteiger partial charge in [0.1, 0.15) is 5.82 Å². The first-order valence-electron chi connectivity index (χ1n) is 5.86. The number of halogens is 1. The highest BCUT2D eigenvalue weighted by Gasteiger charge is 2.58. The molecule has 0 aromatic heterocycles. The maximum Gasteiger partial charge on any atom is 0.338 e. The van der Waals surface area contributed by atoms with Crippen molar-refractivity contribution in [3.05, 3.63) is 35.1 Å². The molecule has 1 N–H and O–H groups in total. The van der Waals surface area contributed by atoms with Crippen molar-refractivity contribution in [3.63, 3.8) is 0 Å². The number of hydrogen-bond acceptors (Lipinski definition) is 3. The zero-order valence-electron chi connectivity index (χ0n) is 9.80. The second-order valence-corrected chi connectivity index (χ2v) is 4.83. The Balaban J connectivity index is 1.81. The molecule has 1 aliphatic heterocycles. The third kappa shape index (κ3) is 1.80. The molecule has 2 unspecified atom stereocenters. The number of hydrogen-bond donors (Lipinski definition) is 1. The van der Waals surface area contributed by atoms with Crippen molar-refractivity contribution in [2.75, 3.05) is 0 Å². The summed E-state index contributed by atoms with van der Waals surface area (Å²) in [6.45, 7) is 0.00147. The van der Waals surface area contributed by atoms with E-state index in [1.54, 1.807) is 0 Å². The molecular formula is C13H10FNO4. The largest absolute Gasteiger partial charge is 0.478 e. The first kappa shape index (κ1) is 11.8. The Morgan fingerprint density at radius 2 is 1.95 bits per heavy atom. The van der Waals surface area contributed by atoms with Gasteiger partial charge in [0, 0.05) is 0 Å². The molecule has 3 rings (SSSR count). The second-order valence-electron chi connectivity index (χ2n) is 4.83. The Labute approximate surface area is 107 Å². The van der Waals surface area contributed by atoms with Crippen LogP contribution in [0, 0.1) is 17.7 Å². The van der Waals surface area contributed by atoms with Crippen LogP contribution in [0.2, 0.25) is 0 Å². The van der Waals surface area contributed by atoms with Gasteiger partial charge in [-0.1, -0.05) is 6.07 Å². The fourth-order valence-electron chi connectivity index (χ4n) is 2.42. The predicted molar refractivity (Wildman–Crippen MR) is 60.5 cm³/mol. The lowest BCUT2D eigenvalue weighted by Gasteiger charge is -2.16. The molecule has 1 aromatic carbocycles. The molecule has 6 heteroatoms. The van der Waals surface area contributed by atoms with Gasteiger partial charge in [0.05, 0.1) is 23.9 Å². The van der Waals surface area contributed by atoms with Crippen molar-refractivity contribution in [3.8, 4) is 0 Å². The summed E-state index contributed by atoms with van der Waals surface area (Å²) in [7, 11) is 0. The number of likely N-dealkylation sites (tertiary alicyclic amines) is 1. The van der Waals surface area contributed by atoms with Crippen LogP contribution in [-0.4, -0.2) is 27.8 Å². The number of carbonyl (C=O) groups is 3. The number of carboxylic acids is 1. The molecule has 0 spiro atoms. The molecule has 1 heterocycles. The molecule has 2 amide bonds. The lowest BCUT2D eigenvalue weighted by atomic mass is 10.1. The number of aromatic carboxylic acids is 1. The summed E-state index contributed by atoms with van der Waals surface area (Å²) in [6.07, 6.45) is 0.625. The van der Waals surface area contributed by atoms with E-state index in [0.29, 0.717) is 12.0 Å². The highest BCUT2D eigenvalue weighted by Crippen LogP contribution is 2.47. The van der Waals surface area contributed by atoms with Gasteiger partial charge in [0.15, 0.2) is 0 Å². The Kier molecular flexibility index (Phi) is 2.41. The number of amides is 2. The summed E-state index contributed by atoms with van der Waals surface area (Å²) in [4.78, 5) is 35.3. The molecule has 19 heavy (non-hydrogen) atoms. The molecule has 1 aromatic rings. The number of fused-ring (bicyclic) bond motifs is 1. The lowest BCUT2D eigenvalue weighted by Crippen LogP contribution is -2.32. The molecule has 1 saturated carbocycles. The number of carbonyl (C=O) groups excluding carboxylic acids is 2. The van der Waals surface area contributed by atoms with Gasteiger partial charge >= 0.3 is 5.97 Å². The van der Waals surface area contributed by atoms with Crippen molar-refractivity contribution in [1.29, 1.82) is 0 Å². The average Bonchev–Trinajstić information content (AvgIpc) is 3.09. The Morgan fingerprint density at radius 3 is 2.47 bits per heavy atom. The van der Waals surface area contributed by atoms with Crippen LogP contribution in [0.1, 0.15) is 22.3 Å². The van der Waals surface area contributed by atoms with Crippen LogP contribution in [0.15, 0.2) is 18.2 Å². The number of piperidine rings is 1. The summed E-state index contributed by atoms with van der Waals surface area (Å²) in [5, 5.41) is 8.71. The van der Waals surface area contributed by atoms with E-state index in [9.17, 15) is 18.8 Å². The van der Waals surface area contributed by atoms with Gasteiger partial charge in [-0.25, -0.2) is 9.18 Å². The minimum absolute atomic E-state index is 0.00147. The van der Waals surface area contributed by atoms with Gasteiger partial charge in [0.25, 0.3) is 0 Å². The lowest BCUT2D eigenvalue weighted by molar-refractivity contribution is -0.142. The number of rotatable bonds is 3. The summed E-state index contributed by atoms with van der Waals surface area (Å²) in [5.41, 5.74) is -0.0174. The molecule has 98 valence electrons. The minimum Gasteiger partial charge on any atom is -0.478 e. The fourth-order valence-corrected chi connectivity index (χ4v) is 2.42. The fraction of sp³-hybridized carbons (Fsp3) is 0.308. The third-order valence-corrected chi connectivity index (χ3v) is 3.56. The van der Waals surface area contributed by atoms with Crippen LogP contribution in [0.3, 0.4) is 0 Å². The van der Waals surface area contributed by atoms with E-state index in [0.717, 1.165) is 17.0 Å². The van der Waals surface area contributed by atoms with Crippen molar-refractivity contribution >= 4 is 17.8 Å². The van der Waals surface area contributed by atoms with E-state index in [1.165, 1.54) is 6.07 Å². The maximum absolute atomic E-state index is 13.5. The van der Waals surface area contributed by atoms with Crippen LogP contribution < -0.4 is 0 Å². The summed E-state index contributed by atoms with van der Waals surface area (Å²) in [6, 6.07) is 3.60. The first-order chi connectivity index (χ1) is 8.99. The summed E-state index contributed by atoms with van der Waals surface area (Å²) in [5.74, 6) is -3.01. The van der Waals surface area contributed by atoms with Gasteiger partial charge in [-0.2, -0.15) is 0 Å². The van der Waals surface area contributed by atoms with Gasteiger partial charge in [0.2, 0.25) is 11.8 Å². The Hall–Kier alpha value is -2.24. The molecule has 2 fully saturated rings. The number of benzene rings is 1. The zero-order chi connectivity index (χ0) is 13.7. The second kappa shape index (κ2) is 3.88. The standard InChI is InChI=1S/C13H10FNO4/c14-10-3-6(1-2-7(10)13(18)19)5-15-11(16)8-4-9(8)12(15)17/h1-3,8-9H,4-5H2,(H,18,19). The van der Waals surface area contributed by atoms with Gasteiger partial charge < -0.3 is 5.11 Å². The smallest absolute Gasteiger partial charge is 0.338 e. The number of nitrogens with zero attached hydrogens (tertiary/aromatic N) is 1. The van der Waals surface area contributed by atoms with Crippen LogP contribution in [0.5, 0.6) is 0 Å². The van der Waals surface area contributed by atoms with Crippen LogP contribution in [0.4, 0.5) is 4.39 Å². The van der Waals surface area contributed by atoms with Crippen molar-refractivity contribution in [2.24, 2.45) is 11.8 Å². The Morgan fingerprint density at radius 1 is 1.32 bits per heavy atom. The highest BCUT2D eigenvalue weighted by molar-refractivity contribution is 6.08. The topological polar surface area (TPSA) is 74.7 Å². The highest BCUT2D eigenvalue weighted by atomic mass is 19.1. The Bertz CT molecular complexity index is 593. The first-order valence-corrected chi connectivity index (χ1v) is 5.86. The van der Waals surface area contributed by atoms with Crippen molar-refractivity contribution in [2.45, 2.75) is 13.0 Å². The monoisotopic (exact) mass is 263 g/mol. The third-order valence-electron chi connectivity index (χ3n) is 3.56. The van der Waals surface area contributed by atoms with Crippen LogP contribution in [0.25, 0.3) is 0 Å². The van der Waals surface area contributed by atoms with Crippen LogP contribution >= 0.6 is 0 Å². The summed E-state index contributed by atoms with van der Waals surface area (Å²) < 4.78 is 13.5. The number of carboxylic acid groups (broad SMARTS) is 1. The van der Waals surface area contributed by atoms with Gasteiger partial charge in [-0.15, -0.1) is 0 Å². The maximum atomic E-state index is 13.5. The zero-order valence-corrected chi connectivity index (χ0v) is 9.80.